The summed E-state index contributed by atoms with van der Waals surface area (Å²) in [6.45, 7) is 4.92. The average Bonchev–Trinajstić information content (AvgIpc) is 2.40. The van der Waals surface area contributed by atoms with Gasteiger partial charge in [0.2, 0.25) is 10.0 Å². The van der Waals surface area contributed by atoms with Crippen molar-refractivity contribution in [2.75, 3.05) is 13.7 Å². The van der Waals surface area contributed by atoms with Gasteiger partial charge >= 0.3 is 0 Å². The van der Waals surface area contributed by atoms with Crippen LogP contribution in [0.25, 0.3) is 0 Å². The molecular weight excluding hydrogens is 297 g/mol. The molecule has 7 heteroatoms. The molecule has 0 saturated heterocycles. The Morgan fingerprint density at radius 3 is 2.48 bits per heavy atom. The molecule has 0 bridgehead atoms. The van der Waals surface area contributed by atoms with Gasteiger partial charge in [-0.15, -0.1) is 0 Å². The Hall–Kier alpha value is -1.02. The molecule has 5 nitrogen and oxygen atoms in total. The van der Waals surface area contributed by atoms with E-state index in [0.29, 0.717) is 0 Å². The first kappa shape index (κ1) is 18.0. The third-order valence-corrected chi connectivity index (χ3v) is 4.90. The number of ether oxygens (including phenoxy) is 1. The van der Waals surface area contributed by atoms with Crippen LogP contribution in [0.1, 0.15) is 25.0 Å². The minimum Gasteiger partial charge on any atom is -0.392 e. The van der Waals surface area contributed by atoms with E-state index >= 15 is 0 Å². The van der Waals surface area contributed by atoms with Crippen molar-refractivity contribution in [3.8, 4) is 0 Å². The van der Waals surface area contributed by atoms with Crippen molar-refractivity contribution in [3.63, 3.8) is 0 Å². The van der Waals surface area contributed by atoms with E-state index in [1.165, 1.54) is 20.1 Å². The van der Waals surface area contributed by atoms with Crippen molar-refractivity contribution < 1.29 is 22.7 Å². The van der Waals surface area contributed by atoms with E-state index in [1.54, 1.807) is 0 Å². The molecule has 1 rings (SSSR count). The van der Waals surface area contributed by atoms with E-state index in [0.717, 1.165) is 6.07 Å². The van der Waals surface area contributed by atoms with Crippen molar-refractivity contribution in [2.24, 2.45) is 5.92 Å². The molecule has 0 aliphatic carbocycles. The minimum atomic E-state index is -3.89. The van der Waals surface area contributed by atoms with Gasteiger partial charge in [0.15, 0.2) is 0 Å². The number of hydrogen-bond acceptors (Lipinski definition) is 4. The Morgan fingerprint density at radius 1 is 1.38 bits per heavy atom. The molecular formula is C14H22FNO4S. The van der Waals surface area contributed by atoms with Crippen LogP contribution >= 0.6 is 0 Å². The van der Waals surface area contributed by atoms with Crippen molar-refractivity contribution in [3.05, 3.63) is 29.1 Å². The molecule has 0 radical (unpaired) electrons. The summed E-state index contributed by atoms with van der Waals surface area (Å²) < 4.78 is 46.2. The number of hydrogen-bond donors (Lipinski definition) is 2. The second-order valence-corrected chi connectivity index (χ2v) is 6.97. The lowest BCUT2D eigenvalue weighted by Gasteiger charge is -2.22. The zero-order chi connectivity index (χ0) is 16.2. The third kappa shape index (κ3) is 4.47. The van der Waals surface area contributed by atoms with Crippen molar-refractivity contribution in [1.29, 1.82) is 0 Å². The van der Waals surface area contributed by atoms with Gasteiger partial charge in [0.1, 0.15) is 5.82 Å². The topological polar surface area (TPSA) is 75.6 Å². The number of benzene rings is 1. The summed E-state index contributed by atoms with van der Waals surface area (Å²) >= 11 is 0. The smallest absolute Gasteiger partial charge is 0.241 e. The standard InChI is InChI=1S/C14H22FNO4S/c1-9(2)13(8-20-4)16-21(18,19)14-6-11(7-17)5-12(15)10(14)3/h5-6,9,13,16-17H,7-8H2,1-4H3. The van der Waals surface area contributed by atoms with Crippen LogP contribution < -0.4 is 4.72 Å². The van der Waals surface area contributed by atoms with Gasteiger partial charge in [-0.3, -0.25) is 0 Å². The molecule has 0 spiro atoms. The predicted octanol–water partition coefficient (Wildman–Crippen LogP) is 1.58. The van der Waals surface area contributed by atoms with Crippen LogP contribution in [0.4, 0.5) is 4.39 Å². The number of rotatable bonds is 7. The molecule has 120 valence electrons. The Morgan fingerprint density at radius 2 is 2.00 bits per heavy atom. The molecule has 0 amide bonds. The first-order chi connectivity index (χ1) is 9.72. The van der Waals surface area contributed by atoms with Gasteiger partial charge in [0.25, 0.3) is 0 Å². The van der Waals surface area contributed by atoms with Gasteiger partial charge in [-0.2, -0.15) is 0 Å². The summed E-state index contributed by atoms with van der Waals surface area (Å²) in [6, 6.07) is 1.99. The number of aliphatic hydroxyl groups is 1. The number of halogens is 1. The zero-order valence-corrected chi connectivity index (χ0v) is 13.5. The predicted molar refractivity (Wildman–Crippen MR) is 77.9 cm³/mol. The first-order valence-electron chi connectivity index (χ1n) is 6.64. The van der Waals surface area contributed by atoms with Crippen LogP contribution in [-0.2, 0) is 21.4 Å². The second-order valence-electron chi connectivity index (χ2n) is 5.29. The molecule has 0 heterocycles. The van der Waals surface area contributed by atoms with Gasteiger partial charge in [0, 0.05) is 18.7 Å². The Kier molecular flexibility index (Phi) is 6.27. The van der Waals surface area contributed by atoms with Crippen molar-refractivity contribution >= 4 is 10.0 Å². The monoisotopic (exact) mass is 319 g/mol. The number of nitrogens with one attached hydrogen (secondary N) is 1. The fourth-order valence-corrected chi connectivity index (χ4v) is 3.56. The molecule has 1 unspecified atom stereocenters. The molecule has 1 atom stereocenters. The molecule has 2 N–H and O–H groups in total. The highest BCUT2D eigenvalue weighted by molar-refractivity contribution is 7.89. The molecule has 1 aromatic carbocycles. The van der Waals surface area contributed by atoms with Crippen LogP contribution in [0, 0.1) is 18.7 Å². The van der Waals surface area contributed by atoms with Crippen LogP contribution in [0.5, 0.6) is 0 Å². The van der Waals surface area contributed by atoms with Crippen LogP contribution in [-0.4, -0.2) is 33.3 Å². The average molecular weight is 319 g/mol. The summed E-state index contributed by atoms with van der Waals surface area (Å²) in [7, 11) is -2.41. The van der Waals surface area contributed by atoms with Gasteiger partial charge in [-0.05, 0) is 30.5 Å². The first-order valence-corrected chi connectivity index (χ1v) is 8.12. The maximum Gasteiger partial charge on any atom is 0.241 e. The lowest BCUT2D eigenvalue weighted by molar-refractivity contribution is 0.157. The summed E-state index contributed by atoms with van der Waals surface area (Å²) in [5.74, 6) is -0.638. The number of aliphatic hydroxyl groups excluding tert-OH is 1. The molecule has 1 aromatic rings. The van der Waals surface area contributed by atoms with Crippen LogP contribution in [0.15, 0.2) is 17.0 Å². The number of methoxy groups -OCH3 is 1. The lowest BCUT2D eigenvalue weighted by Crippen LogP contribution is -2.41. The van der Waals surface area contributed by atoms with E-state index in [1.807, 2.05) is 13.8 Å². The van der Waals surface area contributed by atoms with Crippen molar-refractivity contribution in [2.45, 2.75) is 38.3 Å². The van der Waals surface area contributed by atoms with E-state index in [9.17, 15) is 12.8 Å². The van der Waals surface area contributed by atoms with Crippen LogP contribution in [0.3, 0.4) is 0 Å². The van der Waals surface area contributed by atoms with E-state index in [2.05, 4.69) is 4.72 Å². The van der Waals surface area contributed by atoms with Gasteiger partial charge < -0.3 is 9.84 Å². The molecule has 0 aliphatic rings. The summed E-state index contributed by atoms with van der Waals surface area (Å²) in [5, 5.41) is 9.10. The van der Waals surface area contributed by atoms with Gasteiger partial charge in [-0.25, -0.2) is 17.5 Å². The zero-order valence-electron chi connectivity index (χ0n) is 12.7. The fraction of sp³-hybridized carbons (Fsp3) is 0.571. The molecule has 0 aromatic heterocycles. The maximum atomic E-state index is 13.8. The largest absolute Gasteiger partial charge is 0.392 e. The van der Waals surface area contributed by atoms with Gasteiger partial charge in [0.05, 0.1) is 18.1 Å². The van der Waals surface area contributed by atoms with E-state index in [4.69, 9.17) is 9.84 Å². The lowest BCUT2D eigenvalue weighted by atomic mass is 10.1. The van der Waals surface area contributed by atoms with Crippen LogP contribution in [0.2, 0.25) is 0 Å². The highest BCUT2D eigenvalue weighted by atomic mass is 32.2. The summed E-state index contributed by atoms with van der Waals surface area (Å²) in [5.41, 5.74) is 0.242. The molecule has 0 aliphatic heterocycles. The second kappa shape index (κ2) is 7.31. The third-order valence-electron chi connectivity index (χ3n) is 3.29. The highest BCUT2D eigenvalue weighted by Gasteiger charge is 2.25. The van der Waals surface area contributed by atoms with E-state index in [-0.39, 0.29) is 28.5 Å². The highest BCUT2D eigenvalue weighted by Crippen LogP contribution is 2.21. The van der Waals surface area contributed by atoms with E-state index < -0.39 is 28.5 Å². The molecule has 21 heavy (non-hydrogen) atoms. The molecule has 0 saturated carbocycles. The Bertz CT molecular complexity index is 587. The number of sulfonamides is 1. The summed E-state index contributed by atoms with van der Waals surface area (Å²) in [6.07, 6.45) is 0. The minimum absolute atomic E-state index is 0.0194. The SMILES string of the molecule is COCC(NS(=O)(=O)c1cc(CO)cc(F)c1C)C(C)C. The normalized spacial score (nSPS) is 13.7. The fourth-order valence-electron chi connectivity index (χ4n) is 1.88. The maximum absolute atomic E-state index is 13.8. The Balaban J connectivity index is 3.21. The summed E-state index contributed by atoms with van der Waals surface area (Å²) in [4.78, 5) is -0.159. The Labute approximate surface area is 125 Å². The van der Waals surface area contributed by atoms with Gasteiger partial charge in [-0.1, -0.05) is 13.8 Å². The quantitative estimate of drug-likeness (QED) is 0.800. The molecule has 0 fully saturated rings. The van der Waals surface area contributed by atoms with Crippen molar-refractivity contribution in [1.82, 2.24) is 4.72 Å².